The van der Waals surface area contributed by atoms with Crippen molar-refractivity contribution >= 4 is 10.0 Å². The van der Waals surface area contributed by atoms with E-state index in [4.69, 9.17) is 14.2 Å². The van der Waals surface area contributed by atoms with Gasteiger partial charge in [-0.25, -0.2) is 13.1 Å². The largest absolute Gasteiger partial charge is 0.497 e. The van der Waals surface area contributed by atoms with Crippen LogP contribution in [0.2, 0.25) is 0 Å². The van der Waals surface area contributed by atoms with E-state index in [2.05, 4.69) is 4.72 Å². The predicted octanol–water partition coefficient (Wildman–Crippen LogP) is 3.37. The molecule has 27 heavy (non-hydrogen) atoms. The van der Waals surface area contributed by atoms with Crippen LogP contribution < -0.4 is 18.9 Å². The summed E-state index contributed by atoms with van der Waals surface area (Å²) in [7, 11) is -2.00. The Morgan fingerprint density at radius 2 is 1.70 bits per heavy atom. The SMILES string of the molecule is COc1cccc(OCCNS(=O)(=O)c2ccc(OC3CCCC3)cc2)c1. The Labute approximate surface area is 160 Å². The number of ether oxygens (including phenoxy) is 3. The zero-order valence-corrected chi connectivity index (χ0v) is 16.2. The molecule has 2 aromatic carbocycles. The number of rotatable bonds is 9. The fourth-order valence-electron chi connectivity index (χ4n) is 3.02. The number of benzene rings is 2. The molecular weight excluding hydrogens is 366 g/mol. The van der Waals surface area contributed by atoms with E-state index >= 15 is 0 Å². The van der Waals surface area contributed by atoms with Gasteiger partial charge in [-0.15, -0.1) is 0 Å². The van der Waals surface area contributed by atoms with Crippen LogP contribution >= 0.6 is 0 Å². The lowest BCUT2D eigenvalue weighted by atomic mass is 10.3. The molecule has 0 aromatic heterocycles. The third-order valence-corrected chi connectivity index (χ3v) is 5.92. The van der Waals surface area contributed by atoms with Gasteiger partial charge in [-0.3, -0.25) is 0 Å². The number of hydrogen-bond acceptors (Lipinski definition) is 5. The summed E-state index contributed by atoms with van der Waals surface area (Å²) in [4.78, 5) is 0.211. The topological polar surface area (TPSA) is 73.9 Å². The van der Waals surface area contributed by atoms with Gasteiger partial charge in [-0.2, -0.15) is 0 Å². The normalized spacial score (nSPS) is 14.9. The zero-order valence-electron chi connectivity index (χ0n) is 15.4. The fourth-order valence-corrected chi connectivity index (χ4v) is 4.03. The standard InChI is InChI=1S/C20H25NO5S/c1-24-18-7-4-8-19(15-18)25-14-13-21-27(22,23)20-11-9-17(10-12-20)26-16-5-2-3-6-16/h4,7-12,15-16,21H,2-3,5-6,13-14H2,1H3. The van der Waals surface area contributed by atoms with Crippen LogP contribution in [-0.2, 0) is 10.0 Å². The highest BCUT2D eigenvalue weighted by Crippen LogP contribution is 2.25. The molecule has 7 heteroatoms. The van der Waals surface area contributed by atoms with Crippen LogP contribution in [0.3, 0.4) is 0 Å². The molecule has 0 spiro atoms. The van der Waals surface area contributed by atoms with Crippen LogP contribution in [0.1, 0.15) is 25.7 Å². The molecule has 1 N–H and O–H groups in total. The predicted molar refractivity (Wildman–Crippen MR) is 103 cm³/mol. The molecule has 0 aliphatic heterocycles. The fraction of sp³-hybridized carbons (Fsp3) is 0.400. The molecule has 146 valence electrons. The summed E-state index contributed by atoms with van der Waals surface area (Å²) in [6.45, 7) is 0.384. The average Bonchev–Trinajstić information content (AvgIpc) is 3.19. The first kappa shape index (κ1) is 19.5. The van der Waals surface area contributed by atoms with Gasteiger partial charge >= 0.3 is 0 Å². The van der Waals surface area contributed by atoms with E-state index in [0.29, 0.717) is 17.2 Å². The Morgan fingerprint density at radius 1 is 1.00 bits per heavy atom. The van der Waals surface area contributed by atoms with E-state index in [1.165, 1.54) is 12.8 Å². The second-order valence-corrected chi connectivity index (χ2v) is 8.19. The quantitative estimate of drug-likeness (QED) is 0.664. The molecule has 0 amide bonds. The molecule has 1 aliphatic rings. The van der Waals surface area contributed by atoms with Crippen molar-refractivity contribution in [3.63, 3.8) is 0 Å². The van der Waals surface area contributed by atoms with E-state index < -0.39 is 10.0 Å². The monoisotopic (exact) mass is 391 g/mol. The van der Waals surface area contributed by atoms with Crippen LogP contribution in [0, 0.1) is 0 Å². The number of nitrogens with one attached hydrogen (secondary N) is 1. The van der Waals surface area contributed by atoms with Crippen molar-refractivity contribution in [2.75, 3.05) is 20.3 Å². The molecule has 6 nitrogen and oxygen atoms in total. The molecule has 0 bridgehead atoms. The minimum Gasteiger partial charge on any atom is -0.497 e. The van der Waals surface area contributed by atoms with Gasteiger partial charge in [0.15, 0.2) is 0 Å². The first-order valence-electron chi connectivity index (χ1n) is 9.10. The lowest BCUT2D eigenvalue weighted by Crippen LogP contribution is -2.28. The Bertz CT molecular complexity index is 830. The molecule has 0 heterocycles. The highest BCUT2D eigenvalue weighted by Gasteiger charge is 2.17. The van der Waals surface area contributed by atoms with Gasteiger partial charge in [0.25, 0.3) is 0 Å². The van der Waals surface area contributed by atoms with E-state index in [-0.39, 0.29) is 24.2 Å². The van der Waals surface area contributed by atoms with Crippen molar-refractivity contribution in [3.8, 4) is 17.2 Å². The van der Waals surface area contributed by atoms with Crippen LogP contribution in [0.15, 0.2) is 53.4 Å². The smallest absolute Gasteiger partial charge is 0.240 e. The molecule has 0 unspecified atom stereocenters. The van der Waals surface area contributed by atoms with Crippen molar-refractivity contribution in [2.24, 2.45) is 0 Å². The molecule has 1 aliphatic carbocycles. The van der Waals surface area contributed by atoms with E-state index in [1.54, 1.807) is 43.5 Å². The highest BCUT2D eigenvalue weighted by atomic mass is 32.2. The van der Waals surface area contributed by atoms with E-state index in [9.17, 15) is 8.42 Å². The van der Waals surface area contributed by atoms with Crippen molar-refractivity contribution in [3.05, 3.63) is 48.5 Å². The molecular formula is C20H25NO5S. The summed E-state index contributed by atoms with van der Waals surface area (Å²) in [6.07, 6.45) is 4.76. The Kier molecular flexibility index (Phi) is 6.58. The third-order valence-electron chi connectivity index (χ3n) is 4.44. The summed E-state index contributed by atoms with van der Waals surface area (Å²) in [6, 6.07) is 13.7. The van der Waals surface area contributed by atoms with Crippen LogP contribution in [0.25, 0.3) is 0 Å². The maximum absolute atomic E-state index is 12.4. The Balaban J connectivity index is 1.48. The van der Waals surface area contributed by atoms with E-state index in [1.807, 2.05) is 12.1 Å². The molecule has 3 rings (SSSR count). The maximum Gasteiger partial charge on any atom is 0.240 e. The van der Waals surface area contributed by atoms with Gasteiger partial charge in [-0.05, 0) is 62.1 Å². The lowest BCUT2D eigenvalue weighted by Gasteiger charge is -2.13. The van der Waals surface area contributed by atoms with Gasteiger partial charge in [-0.1, -0.05) is 6.07 Å². The first-order chi connectivity index (χ1) is 13.1. The van der Waals surface area contributed by atoms with Gasteiger partial charge in [0.1, 0.15) is 23.9 Å². The van der Waals surface area contributed by atoms with Crippen molar-refractivity contribution < 1.29 is 22.6 Å². The number of sulfonamides is 1. The minimum atomic E-state index is -3.58. The molecule has 1 fully saturated rings. The van der Waals surface area contributed by atoms with Gasteiger partial charge in [0.2, 0.25) is 10.0 Å². The molecule has 0 atom stereocenters. The van der Waals surface area contributed by atoms with Gasteiger partial charge in [0.05, 0.1) is 18.1 Å². The second kappa shape index (κ2) is 9.10. The van der Waals surface area contributed by atoms with E-state index in [0.717, 1.165) is 12.8 Å². The average molecular weight is 391 g/mol. The molecule has 0 saturated heterocycles. The second-order valence-electron chi connectivity index (χ2n) is 6.42. The number of methoxy groups -OCH3 is 1. The number of hydrogen-bond donors (Lipinski definition) is 1. The van der Waals surface area contributed by atoms with Crippen LogP contribution in [0.4, 0.5) is 0 Å². The van der Waals surface area contributed by atoms with Gasteiger partial charge < -0.3 is 14.2 Å². The lowest BCUT2D eigenvalue weighted by molar-refractivity contribution is 0.210. The maximum atomic E-state index is 12.4. The summed E-state index contributed by atoms with van der Waals surface area (Å²) >= 11 is 0. The molecule has 0 radical (unpaired) electrons. The third kappa shape index (κ3) is 5.61. The minimum absolute atomic E-state index is 0.167. The van der Waals surface area contributed by atoms with Crippen molar-refractivity contribution in [1.82, 2.24) is 4.72 Å². The Morgan fingerprint density at radius 3 is 2.41 bits per heavy atom. The van der Waals surface area contributed by atoms with Crippen molar-refractivity contribution in [2.45, 2.75) is 36.7 Å². The molecule has 1 saturated carbocycles. The molecule has 2 aromatic rings. The summed E-state index contributed by atoms with van der Waals surface area (Å²) in [5, 5.41) is 0. The first-order valence-corrected chi connectivity index (χ1v) is 10.6. The van der Waals surface area contributed by atoms with Gasteiger partial charge in [0, 0.05) is 12.6 Å². The highest BCUT2D eigenvalue weighted by molar-refractivity contribution is 7.89. The summed E-state index contributed by atoms with van der Waals surface area (Å²) < 4.78 is 43.8. The van der Waals surface area contributed by atoms with Crippen molar-refractivity contribution in [1.29, 1.82) is 0 Å². The summed E-state index contributed by atoms with van der Waals surface area (Å²) in [5.74, 6) is 2.03. The summed E-state index contributed by atoms with van der Waals surface area (Å²) in [5.41, 5.74) is 0. The van der Waals surface area contributed by atoms with Crippen LogP contribution in [-0.4, -0.2) is 34.8 Å². The zero-order chi connectivity index (χ0) is 19.1. The van der Waals surface area contributed by atoms with Crippen LogP contribution in [0.5, 0.6) is 17.2 Å². The Hall–Kier alpha value is -2.25.